The lowest BCUT2D eigenvalue weighted by molar-refractivity contribution is -0.145. The number of hydrazone groups is 1. The summed E-state index contributed by atoms with van der Waals surface area (Å²) >= 11 is 0. The molecular formula is C26H20N4O4S. The number of amides is 1. The van der Waals surface area contributed by atoms with E-state index < -0.39 is 15.7 Å². The molecule has 5 rings (SSSR count). The molecule has 9 heteroatoms. The molecule has 1 aliphatic rings. The van der Waals surface area contributed by atoms with Gasteiger partial charge in [0, 0.05) is 36.6 Å². The van der Waals surface area contributed by atoms with Gasteiger partial charge < -0.3 is 4.74 Å². The Bertz CT molecular complexity index is 1640. The van der Waals surface area contributed by atoms with Crippen LogP contribution in [0, 0.1) is 11.3 Å². The molecule has 0 radical (unpaired) electrons. The van der Waals surface area contributed by atoms with Crippen LogP contribution >= 0.6 is 0 Å². The summed E-state index contributed by atoms with van der Waals surface area (Å²) in [4.78, 5) is 12.8. The molecule has 0 aliphatic carbocycles. The number of fused-ring (bicyclic) bond motifs is 1. The van der Waals surface area contributed by atoms with Crippen LogP contribution in [0.5, 0.6) is 0 Å². The van der Waals surface area contributed by atoms with Crippen molar-refractivity contribution in [3.8, 4) is 6.07 Å². The third kappa shape index (κ3) is 3.55. The fourth-order valence-corrected chi connectivity index (χ4v) is 5.61. The number of benzene rings is 3. The van der Waals surface area contributed by atoms with Crippen molar-refractivity contribution < 1.29 is 17.9 Å². The van der Waals surface area contributed by atoms with Crippen molar-refractivity contribution in [2.24, 2.45) is 5.10 Å². The Kier molecular flexibility index (Phi) is 5.19. The molecule has 2 heterocycles. The normalized spacial score (nSPS) is 17.6. The summed E-state index contributed by atoms with van der Waals surface area (Å²) in [6.07, 6.45) is 1.44. The summed E-state index contributed by atoms with van der Waals surface area (Å²) in [5.74, 6) is -0.159. The maximum Gasteiger partial charge on any atom is 0.268 e. The lowest BCUT2D eigenvalue weighted by Crippen LogP contribution is -2.41. The summed E-state index contributed by atoms with van der Waals surface area (Å²) in [7, 11) is -3.99. The predicted molar refractivity (Wildman–Crippen MR) is 130 cm³/mol. The van der Waals surface area contributed by atoms with Gasteiger partial charge in [0.05, 0.1) is 22.0 Å². The molecule has 0 saturated carbocycles. The van der Waals surface area contributed by atoms with Gasteiger partial charge in [-0.25, -0.2) is 12.4 Å². The van der Waals surface area contributed by atoms with Gasteiger partial charge in [-0.05, 0) is 42.5 Å². The van der Waals surface area contributed by atoms with Crippen LogP contribution in [0.15, 0.2) is 95.1 Å². The average molecular weight is 485 g/mol. The number of rotatable bonds is 4. The van der Waals surface area contributed by atoms with Gasteiger partial charge in [-0.3, -0.25) is 4.79 Å². The van der Waals surface area contributed by atoms with Crippen molar-refractivity contribution in [1.82, 2.24) is 8.98 Å². The molecule has 1 aromatic heterocycles. The van der Waals surface area contributed by atoms with Crippen LogP contribution in [-0.2, 0) is 25.3 Å². The van der Waals surface area contributed by atoms with Crippen molar-refractivity contribution in [3.63, 3.8) is 0 Å². The average Bonchev–Trinajstić information content (AvgIpc) is 3.44. The fraction of sp³-hybridized carbons (Fsp3) is 0.115. The molecule has 35 heavy (non-hydrogen) atoms. The smallest absolute Gasteiger partial charge is 0.268 e. The highest BCUT2D eigenvalue weighted by Crippen LogP contribution is 2.41. The van der Waals surface area contributed by atoms with Crippen LogP contribution in [-0.4, -0.2) is 29.2 Å². The largest absolute Gasteiger partial charge is 0.443 e. The molecule has 1 atom stereocenters. The predicted octanol–water partition coefficient (Wildman–Crippen LogP) is 4.16. The lowest BCUT2D eigenvalue weighted by atomic mass is 10.0. The number of hydrogen-bond donors (Lipinski definition) is 0. The van der Waals surface area contributed by atoms with E-state index in [1.54, 1.807) is 55.5 Å². The van der Waals surface area contributed by atoms with E-state index in [4.69, 9.17) is 4.74 Å². The molecule has 8 nitrogen and oxygen atoms in total. The highest BCUT2D eigenvalue weighted by Gasteiger charge is 2.47. The first-order valence-electron chi connectivity index (χ1n) is 10.8. The summed E-state index contributed by atoms with van der Waals surface area (Å²) in [5, 5.41) is 15.6. The van der Waals surface area contributed by atoms with Crippen LogP contribution < -0.4 is 0 Å². The first kappa shape index (κ1) is 22.4. The minimum Gasteiger partial charge on any atom is -0.443 e. The minimum absolute atomic E-state index is 0.106. The Morgan fingerprint density at radius 2 is 1.69 bits per heavy atom. The number of carbonyl (C=O) groups is 1. The van der Waals surface area contributed by atoms with E-state index in [1.165, 1.54) is 30.3 Å². The number of nitrogens with zero attached hydrogens (tertiary/aromatic N) is 4. The second-order valence-electron chi connectivity index (χ2n) is 8.19. The van der Waals surface area contributed by atoms with Gasteiger partial charge in [0.1, 0.15) is 0 Å². The molecule has 0 spiro atoms. The van der Waals surface area contributed by atoms with Crippen molar-refractivity contribution in [3.05, 3.63) is 102 Å². The molecule has 3 aromatic carbocycles. The van der Waals surface area contributed by atoms with Crippen LogP contribution in [0.25, 0.3) is 10.9 Å². The molecule has 1 amide bonds. The van der Waals surface area contributed by atoms with Crippen molar-refractivity contribution in [2.75, 3.05) is 0 Å². The van der Waals surface area contributed by atoms with Gasteiger partial charge in [-0.2, -0.15) is 10.3 Å². The Hall–Kier alpha value is -4.42. The van der Waals surface area contributed by atoms with Crippen molar-refractivity contribution >= 4 is 32.7 Å². The first-order valence-corrected chi connectivity index (χ1v) is 12.2. The van der Waals surface area contributed by atoms with Gasteiger partial charge in [0.25, 0.3) is 10.0 Å². The molecule has 0 N–H and O–H groups in total. The third-order valence-electron chi connectivity index (χ3n) is 5.91. The maximum absolute atomic E-state index is 13.6. The monoisotopic (exact) mass is 484 g/mol. The molecule has 174 valence electrons. The van der Waals surface area contributed by atoms with Crippen LogP contribution in [0.3, 0.4) is 0 Å². The number of nitriles is 1. The quantitative estimate of drug-likeness (QED) is 0.433. The lowest BCUT2D eigenvalue weighted by Gasteiger charge is -2.30. The molecule has 0 fully saturated rings. The highest BCUT2D eigenvalue weighted by atomic mass is 32.2. The van der Waals surface area contributed by atoms with Crippen LogP contribution in [0.1, 0.15) is 30.5 Å². The van der Waals surface area contributed by atoms with E-state index in [1.807, 2.05) is 18.2 Å². The topological polar surface area (TPSA) is 105 Å². The molecule has 1 unspecified atom stereocenters. The van der Waals surface area contributed by atoms with Gasteiger partial charge in [-0.1, -0.05) is 36.4 Å². The molecule has 0 saturated heterocycles. The van der Waals surface area contributed by atoms with E-state index in [0.29, 0.717) is 27.6 Å². The van der Waals surface area contributed by atoms with Gasteiger partial charge in [0.2, 0.25) is 17.5 Å². The second kappa shape index (κ2) is 8.11. The number of hydrogen-bond acceptors (Lipinski definition) is 6. The van der Waals surface area contributed by atoms with Gasteiger partial charge in [0.15, 0.2) is 0 Å². The van der Waals surface area contributed by atoms with Crippen molar-refractivity contribution in [1.29, 1.82) is 5.26 Å². The Morgan fingerprint density at radius 3 is 2.31 bits per heavy atom. The standard InChI is InChI=1S/C26H20N4O4S/c1-18(31)30-26(2,34-25(28-30)20-9-5-3-6-10-20)23-17-29(24-14-13-19(16-27)15-22(23)24)35(32,33)21-11-7-4-8-12-21/h3-15,17H,1-2H3. The molecule has 1 aliphatic heterocycles. The molecule has 4 aromatic rings. The maximum atomic E-state index is 13.6. The highest BCUT2D eigenvalue weighted by molar-refractivity contribution is 7.90. The van der Waals surface area contributed by atoms with E-state index in [9.17, 15) is 18.5 Å². The summed E-state index contributed by atoms with van der Waals surface area (Å²) in [5.41, 5.74) is 0.286. The zero-order valence-electron chi connectivity index (χ0n) is 18.9. The second-order valence-corrected chi connectivity index (χ2v) is 10.0. The zero-order valence-corrected chi connectivity index (χ0v) is 19.7. The SMILES string of the molecule is CC(=O)N1N=C(c2ccccc2)OC1(C)c1cn(S(=O)(=O)c2ccccc2)c2ccc(C#N)cc12. The third-order valence-corrected chi connectivity index (χ3v) is 7.60. The first-order chi connectivity index (χ1) is 16.8. The van der Waals surface area contributed by atoms with Gasteiger partial charge in [-0.15, -0.1) is 5.10 Å². The van der Waals surface area contributed by atoms with Crippen molar-refractivity contribution in [2.45, 2.75) is 24.5 Å². The van der Waals surface area contributed by atoms with E-state index in [0.717, 1.165) is 3.97 Å². The fourth-order valence-electron chi connectivity index (χ4n) is 4.22. The van der Waals surface area contributed by atoms with Crippen LogP contribution in [0.4, 0.5) is 0 Å². The summed E-state index contributed by atoms with van der Waals surface area (Å²) < 4.78 is 34.6. The van der Waals surface area contributed by atoms with Crippen LogP contribution in [0.2, 0.25) is 0 Å². The Balaban J connectivity index is 1.75. The zero-order chi connectivity index (χ0) is 24.8. The minimum atomic E-state index is -3.99. The van der Waals surface area contributed by atoms with Gasteiger partial charge >= 0.3 is 0 Å². The summed E-state index contributed by atoms with van der Waals surface area (Å²) in [6, 6.07) is 24.0. The summed E-state index contributed by atoms with van der Waals surface area (Å²) in [6.45, 7) is 3.01. The molecule has 0 bridgehead atoms. The molecular weight excluding hydrogens is 464 g/mol. The van der Waals surface area contributed by atoms with E-state index in [2.05, 4.69) is 11.2 Å². The Morgan fingerprint density at radius 1 is 1.03 bits per heavy atom. The Labute approximate surface area is 202 Å². The van der Waals surface area contributed by atoms with E-state index in [-0.39, 0.29) is 16.7 Å². The van der Waals surface area contributed by atoms with E-state index >= 15 is 0 Å². The number of aromatic nitrogens is 1. The number of ether oxygens (including phenoxy) is 1. The number of carbonyl (C=O) groups excluding carboxylic acids is 1.